The van der Waals surface area contributed by atoms with Gasteiger partial charge in [0, 0.05) is 31.6 Å². The summed E-state index contributed by atoms with van der Waals surface area (Å²) in [7, 11) is 1.99. The number of hydrogen-bond acceptors (Lipinski definition) is 6. The Bertz CT molecular complexity index is 1150. The van der Waals surface area contributed by atoms with Crippen molar-refractivity contribution in [3.63, 3.8) is 0 Å². The Balaban J connectivity index is 1.36. The van der Waals surface area contributed by atoms with Crippen molar-refractivity contribution in [2.75, 3.05) is 0 Å². The fourth-order valence-corrected chi connectivity index (χ4v) is 4.45. The van der Waals surface area contributed by atoms with E-state index in [1.54, 1.807) is 18.0 Å². The van der Waals surface area contributed by atoms with Gasteiger partial charge in [-0.1, -0.05) is 35.9 Å². The molecule has 3 aromatic heterocycles. The third kappa shape index (κ3) is 3.68. The van der Waals surface area contributed by atoms with Gasteiger partial charge in [-0.25, -0.2) is 9.97 Å². The van der Waals surface area contributed by atoms with Crippen molar-refractivity contribution in [1.82, 2.24) is 24.7 Å². The molecule has 0 aliphatic heterocycles. The first-order valence-corrected chi connectivity index (χ1v) is 10.5. The second-order valence-electron chi connectivity index (χ2n) is 7.16. The van der Waals surface area contributed by atoms with Gasteiger partial charge >= 0.3 is 0 Å². The van der Waals surface area contributed by atoms with Crippen LogP contribution in [0.3, 0.4) is 0 Å². The van der Waals surface area contributed by atoms with Crippen molar-refractivity contribution in [3.05, 3.63) is 71.3 Å². The van der Waals surface area contributed by atoms with Crippen molar-refractivity contribution in [3.8, 4) is 11.3 Å². The Morgan fingerprint density at radius 3 is 2.59 bits per heavy atom. The van der Waals surface area contributed by atoms with E-state index in [9.17, 15) is 0 Å². The van der Waals surface area contributed by atoms with Gasteiger partial charge < -0.3 is 8.98 Å². The third-order valence-corrected chi connectivity index (χ3v) is 6.39. The van der Waals surface area contributed by atoms with Gasteiger partial charge in [0.2, 0.25) is 11.8 Å². The zero-order valence-electron chi connectivity index (χ0n) is 15.9. The lowest BCUT2D eigenvalue weighted by atomic mass is 10.1. The summed E-state index contributed by atoms with van der Waals surface area (Å²) in [5.41, 5.74) is 3.32. The molecule has 0 unspecified atom stereocenters. The monoisotopic (exact) mass is 423 g/mol. The summed E-state index contributed by atoms with van der Waals surface area (Å²) in [5, 5.41) is 10.7. The van der Waals surface area contributed by atoms with Gasteiger partial charge in [-0.3, -0.25) is 0 Å². The van der Waals surface area contributed by atoms with E-state index in [-0.39, 0.29) is 0 Å². The first-order chi connectivity index (χ1) is 14.1. The molecule has 0 amide bonds. The Morgan fingerprint density at radius 1 is 1.07 bits per heavy atom. The van der Waals surface area contributed by atoms with Crippen molar-refractivity contribution in [2.45, 2.75) is 35.2 Å². The van der Waals surface area contributed by atoms with Gasteiger partial charge in [0.15, 0.2) is 0 Å². The van der Waals surface area contributed by atoms with Crippen LogP contribution in [0.4, 0.5) is 0 Å². The first kappa shape index (κ1) is 18.4. The summed E-state index contributed by atoms with van der Waals surface area (Å²) in [5.74, 6) is 2.14. The van der Waals surface area contributed by atoms with E-state index in [1.165, 1.54) is 5.56 Å². The molecule has 5 rings (SSSR count). The predicted molar refractivity (Wildman–Crippen MR) is 111 cm³/mol. The molecule has 0 N–H and O–H groups in total. The van der Waals surface area contributed by atoms with Gasteiger partial charge in [0.1, 0.15) is 15.7 Å². The lowest BCUT2D eigenvalue weighted by molar-refractivity contribution is 0.467. The molecule has 0 saturated heterocycles. The molecular formula is C21H18ClN5OS. The highest BCUT2D eigenvalue weighted by atomic mass is 35.5. The zero-order valence-corrected chi connectivity index (χ0v) is 17.5. The molecule has 1 aliphatic carbocycles. The standard InChI is InChI=1S/C21H18ClN5OS/c1-12-25-26-20(28-12)17-9-16(17)13-3-5-14(6-4-13)19-21(27(2)11-24-19)29-18-8-7-15(22)10-23-18/h3-8,10-11,16-17H,9H2,1-2H3/t16-,17+/m1/s1. The van der Waals surface area contributed by atoms with E-state index in [2.05, 4.69) is 44.4 Å². The Labute approximate surface area is 177 Å². The number of benzene rings is 1. The largest absolute Gasteiger partial charge is 0.425 e. The van der Waals surface area contributed by atoms with Gasteiger partial charge in [-0.05, 0) is 41.8 Å². The van der Waals surface area contributed by atoms with Gasteiger partial charge in [0.25, 0.3) is 0 Å². The van der Waals surface area contributed by atoms with E-state index < -0.39 is 0 Å². The van der Waals surface area contributed by atoms with Crippen LogP contribution >= 0.6 is 23.4 Å². The van der Waals surface area contributed by atoms with E-state index in [0.717, 1.165) is 33.6 Å². The first-order valence-electron chi connectivity index (χ1n) is 9.29. The maximum Gasteiger partial charge on any atom is 0.220 e. The summed E-state index contributed by atoms with van der Waals surface area (Å²) in [6, 6.07) is 12.4. The molecule has 146 valence electrons. The van der Waals surface area contributed by atoms with Crippen LogP contribution in [0.5, 0.6) is 0 Å². The van der Waals surface area contributed by atoms with E-state index >= 15 is 0 Å². The summed E-state index contributed by atoms with van der Waals surface area (Å²) < 4.78 is 7.60. The molecule has 3 heterocycles. The number of hydrogen-bond donors (Lipinski definition) is 0. The highest BCUT2D eigenvalue weighted by Crippen LogP contribution is 2.54. The summed E-state index contributed by atoms with van der Waals surface area (Å²) >= 11 is 7.52. The van der Waals surface area contributed by atoms with Crippen LogP contribution < -0.4 is 0 Å². The Hall–Kier alpha value is -2.64. The third-order valence-electron chi connectivity index (χ3n) is 5.05. The van der Waals surface area contributed by atoms with Gasteiger partial charge in [0.05, 0.1) is 11.3 Å². The van der Waals surface area contributed by atoms with Crippen LogP contribution in [0.15, 0.2) is 63.4 Å². The number of pyridine rings is 1. The number of imidazole rings is 1. The van der Waals surface area contributed by atoms with Crippen molar-refractivity contribution >= 4 is 23.4 Å². The van der Waals surface area contributed by atoms with E-state index in [4.69, 9.17) is 16.0 Å². The molecule has 1 saturated carbocycles. The van der Waals surface area contributed by atoms with Crippen LogP contribution in [0.25, 0.3) is 11.3 Å². The van der Waals surface area contributed by atoms with E-state index in [0.29, 0.717) is 22.7 Å². The number of nitrogens with zero attached hydrogens (tertiary/aromatic N) is 5. The van der Waals surface area contributed by atoms with Crippen LogP contribution in [0, 0.1) is 6.92 Å². The molecule has 4 aromatic rings. The van der Waals surface area contributed by atoms with Crippen LogP contribution in [0.1, 0.15) is 35.6 Å². The maximum absolute atomic E-state index is 5.95. The average molecular weight is 424 g/mol. The predicted octanol–water partition coefficient (Wildman–Crippen LogP) is 5.25. The van der Waals surface area contributed by atoms with Crippen molar-refractivity contribution in [1.29, 1.82) is 0 Å². The summed E-state index contributed by atoms with van der Waals surface area (Å²) in [4.78, 5) is 8.99. The van der Waals surface area contributed by atoms with Gasteiger partial charge in [-0.15, -0.1) is 10.2 Å². The smallest absolute Gasteiger partial charge is 0.220 e. The lowest BCUT2D eigenvalue weighted by Crippen LogP contribution is -1.91. The highest BCUT2D eigenvalue weighted by Gasteiger charge is 2.43. The number of rotatable bonds is 5. The van der Waals surface area contributed by atoms with Gasteiger partial charge in [-0.2, -0.15) is 0 Å². The SMILES string of the molecule is Cc1nnc([C@H]2C[C@@H]2c2ccc(-c3ncn(C)c3Sc3ccc(Cl)cn3)cc2)o1. The Kier molecular flexibility index (Phi) is 4.64. The summed E-state index contributed by atoms with van der Waals surface area (Å²) in [6.45, 7) is 1.82. The van der Waals surface area contributed by atoms with Crippen LogP contribution in [0.2, 0.25) is 5.02 Å². The second-order valence-corrected chi connectivity index (χ2v) is 8.60. The fourth-order valence-electron chi connectivity index (χ4n) is 3.45. The quantitative estimate of drug-likeness (QED) is 0.436. The molecule has 0 radical (unpaired) electrons. The minimum absolute atomic E-state index is 0.332. The second kappa shape index (κ2) is 7.31. The normalized spacial score (nSPS) is 18.2. The molecule has 1 aliphatic rings. The lowest BCUT2D eigenvalue weighted by Gasteiger charge is -2.07. The Morgan fingerprint density at radius 2 is 1.90 bits per heavy atom. The number of aryl methyl sites for hydroxylation is 2. The molecule has 8 heteroatoms. The van der Waals surface area contributed by atoms with E-state index in [1.807, 2.05) is 37.0 Å². The topological polar surface area (TPSA) is 69.6 Å². The zero-order chi connectivity index (χ0) is 20.0. The minimum atomic E-state index is 0.332. The average Bonchev–Trinajstić information content (AvgIpc) is 3.28. The molecule has 0 spiro atoms. The number of aromatic nitrogens is 5. The molecule has 29 heavy (non-hydrogen) atoms. The molecule has 1 aromatic carbocycles. The van der Waals surface area contributed by atoms with Crippen molar-refractivity contribution in [2.24, 2.45) is 7.05 Å². The molecule has 1 fully saturated rings. The van der Waals surface area contributed by atoms with Crippen LogP contribution in [-0.2, 0) is 7.05 Å². The molecule has 0 bridgehead atoms. The van der Waals surface area contributed by atoms with Crippen molar-refractivity contribution < 1.29 is 4.42 Å². The molecular weight excluding hydrogens is 406 g/mol. The maximum atomic E-state index is 5.95. The highest BCUT2D eigenvalue weighted by molar-refractivity contribution is 7.99. The fraction of sp³-hybridized carbons (Fsp3) is 0.238. The molecule has 6 nitrogen and oxygen atoms in total. The number of halogens is 1. The van der Waals surface area contributed by atoms with Crippen LogP contribution in [-0.4, -0.2) is 24.7 Å². The molecule has 2 atom stereocenters. The summed E-state index contributed by atoms with van der Waals surface area (Å²) in [6.07, 6.45) is 4.54. The minimum Gasteiger partial charge on any atom is -0.425 e.